The molecule has 15 heavy (non-hydrogen) atoms. The van der Waals surface area contributed by atoms with E-state index in [2.05, 4.69) is 18.9 Å². The SMILES string of the molecule is CC(O)C(C)SCCC1CCCCN1C. The van der Waals surface area contributed by atoms with Crippen LogP contribution in [-0.2, 0) is 0 Å². The standard InChI is InChI=1S/C12H25NOS/c1-10(14)11(2)15-9-7-12-6-4-5-8-13(12)3/h10-12,14H,4-9H2,1-3H3. The van der Waals surface area contributed by atoms with Gasteiger partial charge in [0.2, 0.25) is 0 Å². The third kappa shape index (κ3) is 4.75. The summed E-state index contributed by atoms with van der Waals surface area (Å²) in [4.78, 5) is 2.50. The van der Waals surface area contributed by atoms with E-state index >= 15 is 0 Å². The lowest BCUT2D eigenvalue weighted by atomic mass is 10.0. The van der Waals surface area contributed by atoms with Gasteiger partial charge in [-0.1, -0.05) is 13.3 Å². The number of aliphatic hydroxyl groups excluding tert-OH is 1. The first-order chi connectivity index (χ1) is 7.11. The molecule has 1 fully saturated rings. The summed E-state index contributed by atoms with van der Waals surface area (Å²) in [6.45, 7) is 5.26. The average molecular weight is 231 g/mol. The highest BCUT2D eigenvalue weighted by Gasteiger charge is 2.19. The van der Waals surface area contributed by atoms with Gasteiger partial charge in [-0.2, -0.15) is 11.8 Å². The summed E-state index contributed by atoms with van der Waals surface area (Å²) in [6.07, 6.45) is 5.22. The first kappa shape index (κ1) is 13.3. The van der Waals surface area contributed by atoms with E-state index in [1.165, 1.54) is 38.0 Å². The van der Waals surface area contributed by atoms with E-state index in [9.17, 15) is 5.11 Å². The number of rotatable bonds is 5. The van der Waals surface area contributed by atoms with Gasteiger partial charge >= 0.3 is 0 Å². The van der Waals surface area contributed by atoms with Crippen molar-refractivity contribution < 1.29 is 5.11 Å². The highest BCUT2D eigenvalue weighted by molar-refractivity contribution is 7.99. The molecule has 1 aliphatic heterocycles. The van der Waals surface area contributed by atoms with Gasteiger partial charge in [-0.25, -0.2) is 0 Å². The Morgan fingerprint density at radius 3 is 2.73 bits per heavy atom. The maximum Gasteiger partial charge on any atom is 0.0627 e. The van der Waals surface area contributed by atoms with Crippen LogP contribution in [0.5, 0.6) is 0 Å². The molecule has 3 atom stereocenters. The van der Waals surface area contributed by atoms with Crippen molar-refractivity contribution in [2.75, 3.05) is 19.3 Å². The zero-order valence-corrected chi connectivity index (χ0v) is 11.1. The van der Waals surface area contributed by atoms with Crippen LogP contribution >= 0.6 is 11.8 Å². The average Bonchev–Trinajstić information content (AvgIpc) is 2.20. The fourth-order valence-electron chi connectivity index (χ4n) is 2.04. The molecule has 90 valence electrons. The van der Waals surface area contributed by atoms with E-state index in [1.807, 2.05) is 18.7 Å². The number of hydrogen-bond acceptors (Lipinski definition) is 3. The predicted octanol–water partition coefficient (Wildman–Crippen LogP) is 2.36. The fraction of sp³-hybridized carbons (Fsp3) is 1.00. The number of likely N-dealkylation sites (tertiary alicyclic amines) is 1. The van der Waals surface area contributed by atoms with Crippen LogP contribution in [-0.4, -0.2) is 46.7 Å². The molecular formula is C12H25NOS. The summed E-state index contributed by atoms with van der Waals surface area (Å²) >= 11 is 1.90. The molecule has 0 bridgehead atoms. The molecule has 0 saturated carbocycles. The van der Waals surface area contributed by atoms with Crippen LogP contribution in [0.1, 0.15) is 39.5 Å². The Kier molecular flexibility index (Phi) is 6.02. The van der Waals surface area contributed by atoms with Crippen LogP contribution in [0.25, 0.3) is 0 Å². The lowest BCUT2D eigenvalue weighted by molar-refractivity contribution is 0.181. The van der Waals surface area contributed by atoms with E-state index in [1.54, 1.807) is 0 Å². The van der Waals surface area contributed by atoms with Crippen molar-refractivity contribution in [1.29, 1.82) is 0 Å². The lowest BCUT2D eigenvalue weighted by Gasteiger charge is -2.32. The number of hydrogen-bond donors (Lipinski definition) is 1. The fourth-order valence-corrected chi connectivity index (χ4v) is 3.10. The van der Waals surface area contributed by atoms with Crippen molar-refractivity contribution in [3.8, 4) is 0 Å². The summed E-state index contributed by atoms with van der Waals surface area (Å²) < 4.78 is 0. The van der Waals surface area contributed by atoms with E-state index in [-0.39, 0.29) is 6.10 Å². The smallest absolute Gasteiger partial charge is 0.0627 e. The highest BCUT2D eigenvalue weighted by atomic mass is 32.2. The Balaban J connectivity index is 2.13. The van der Waals surface area contributed by atoms with Crippen LogP contribution < -0.4 is 0 Å². The number of aliphatic hydroxyl groups is 1. The van der Waals surface area contributed by atoms with Gasteiger partial charge in [-0.05, 0) is 45.5 Å². The maximum atomic E-state index is 9.38. The summed E-state index contributed by atoms with van der Waals surface area (Å²) in [5.74, 6) is 1.18. The second-order valence-corrected chi connectivity index (χ2v) is 6.22. The Labute approximate surface area is 98.4 Å². The second kappa shape index (κ2) is 6.77. The Morgan fingerprint density at radius 1 is 1.40 bits per heavy atom. The molecule has 3 unspecified atom stereocenters. The predicted molar refractivity (Wildman–Crippen MR) is 68.5 cm³/mol. The zero-order valence-electron chi connectivity index (χ0n) is 10.3. The van der Waals surface area contributed by atoms with Gasteiger partial charge in [0.1, 0.15) is 0 Å². The molecule has 1 aliphatic rings. The van der Waals surface area contributed by atoms with Crippen molar-refractivity contribution in [2.45, 2.75) is 56.9 Å². The third-order valence-electron chi connectivity index (χ3n) is 3.43. The molecule has 0 aromatic carbocycles. The van der Waals surface area contributed by atoms with Gasteiger partial charge in [-0.15, -0.1) is 0 Å². The molecular weight excluding hydrogens is 206 g/mol. The molecule has 1 N–H and O–H groups in total. The minimum atomic E-state index is -0.181. The van der Waals surface area contributed by atoms with Crippen molar-refractivity contribution >= 4 is 11.8 Å². The van der Waals surface area contributed by atoms with E-state index in [0.29, 0.717) is 5.25 Å². The van der Waals surface area contributed by atoms with Gasteiger partial charge in [-0.3, -0.25) is 0 Å². The molecule has 0 aromatic rings. The van der Waals surface area contributed by atoms with Gasteiger partial charge in [0.15, 0.2) is 0 Å². The minimum Gasteiger partial charge on any atom is -0.392 e. The monoisotopic (exact) mass is 231 g/mol. The van der Waals surface area contributed by atoms with Crippen LogP contribution in [0.3, 0.4) is 0 Å². The molecule has 0 aliphatic carbocycles. The lowest BCUT2D eigenvalue weighted by Crippen LogP contribution is -2.36. The van der Waals surface area contributed by atoms with E-state index < -0.39 is 0 Å². The van der Waals surface area contributed by atoms with Crippen LogP contribution in [0, 0.1) is 0 Å². The van der Waals surface area contributed by atoms with Gasteiger partial charge in [0.05, 0.1) is 6.10 Å². The van der Waals surface area contributed by atoms with Gasteiger partial charge in [0, 0.05) is 11.3 Å². The van der Waals surface area contributed by atoms with Crippen molar-refractivity contribution in [1.82, 2.24) is 4.90 Å². The molecule has 2 nitrogen and oxygen atoms in total. The summed E-state index contributed by atoms with van der Waals surface area (Å²) in [7, 11) is 2.24. The Hall–Kier alpha value is 0.270. The summed E-state index contributed by atoms with van der Waals surface area (Å²) in [5, 5.41) is 9.75. The van der Waals surface area contributed by atoms with Crippen molar-refractivity contribution in [2.24, 2.45) is 0 Å². The zero-order chi connectivity index (χ0) is 11.3. The van der Waals surface area contributed by atoms with Gasteiger partial charge in [0.25, 0.3) is 0 Å². The molecule has 1 rings (SSSR count). The molecule has 0 aromatic heterocycles. The second-order valence-electron chi connectivity index (χ2n) is 4.74. The Morgan fingerprint density at radius 2 is 2.13 bits per heavy atom. The number of nitrogens with zero attached hydrogens (tertiary/aromatic N) is 1. The molecule has 0 spiro atoms. The van der Waals surface area contributed by atoms with Crippen molar-refractivity contribution in [3.63, 3.8) is 0 Å². The quantitative estimate of drug-likeness (QED) is 0.786. The largest absolute Gasteiger partial charge is 0.392 e. The van der Waals surface area contributed by atoms with Crippen LogP contribution in [0.4, 0.5) is 0 Å². The van der Waals surface area contributed by atoms with E-state index in [4.69, 9.17) is 0 Å². The molecule has 0 radical (unpaired) electrons. The van der Waals surface area contributed by atoms with Crippen LogP contribution in [0.15, 0.2) is 0 Å². The number of thioether (sulfide) groups is 1. The molecule has 0 amide bonds. The first-order valence-electron chi connectivity index (χ1n) is 6.11. The summed E-state index contributed by atoms with van der Waals surface area (Å²) in [6, 6.07) is 0.785. The number of piperidine rings is 1. The van der Waals surface area contributed by atoms with Crippen LogP contribution in [0.2, 0.25) is 0 Å². The third-order valence-corrected chi connectivity index (χ3v) is 4.82. The highest BCUT2D eigenvalue weighted by Crippen LogP contribution is 2.22. The van der Waals surface area contributed by atoms with Gasteiger partial charge < -0.3 is 10.0 Å². The first-order valence-corrected chi connectivity index (χ1v) is 7.16. The summed E-state index contributed by atoms with van der Waals surface area (Å²) in [5.41, 5.74) is 0. The molecule has 1 saturated heterocycles. The van der Waals surface area contributed by atoms with Crippen molar-refractivity contribution in [3.05, 3.63) is 0 Å². The minimum absolute atomic E-state index is 0.181. The maximum absolute atomic E-state index is 9.38. The molecule has 3 heteroatoms. The Bertz CT molecular complexity index is 175. The van der Waals surface area contributed by atoms with E-state index in [0.717, 1.165) is 6.04 Å². The molecule has 1 heterocycles. The normalized spacial score (nSPS) is 27.6. The topological polar surface area (TPSA) is 23.5 Å².